The average molecular weight is 344 g/mol. The zero-order chi connectivity index (χ0) is 17.8. The highest BCUT2D eigenvalue weighted by Gasteiger charge is 2.18. The van der Waals surface area contributed by atoms with Crippen molar-refractivity contribution in [1.82, 2.24) is 4.90 Å². The summed E-state index contributed by atoms with van der Waals surface area (Å²) in [5.41, 5.74) is 1.43. The van der Waals surface area contributed by atoms with E-state index >= 15 is 0 Å². The maximum atomic E-state index is 13.7. The van der Waals surface area contributed by atoms with E-state index < -0.39 is 17.5 Å². The monoisotopic (exact) mass is 344 g/mol. The molecule has 0 spiro atoms. The van der Waals surface area contributed by atoms with Crippen molar-refractivity contribution < 1.29 is 13.6 Å². The van der Waals surface area contributed by atoms with Crippen LogP contribution in [0.2, 0.25) is 0 Å². The summed E-state index contributed by atoms with van der Waals surface area (Å²) >= 11 is 0. The Balaban J connectivity index is 1.64. The van der Waals surface area contributed by atoms with Gasteiger partial charge in [0.1, 0.15) is 0 Å². The SMILES string of the molecule is CC1CCCCN1Cc1ccc(NC(=O)c2cccc(F)c2F)cc1. The van der Waals surface area contributed by atoms with Gasteiger partial charge in [-0.1, -0.05) is 24.6 Å². The van der Waals surface area contributed by atoms with Crippen molar-refractivity contribution in [2.75, 3.05) is 11.9 Å². The Bertz CT molecular complexity index is 746. The number of carbonyl (C=O) groups excluding carboxylic acids is 1. The zero-order valence-electron chi connectivity index (χ0n) is 14.3. The summed E-state index contributed by atoms with van der Waals surface area (Å²) in [6.07, 6.45) is 3.75. The Hall–Kier alpha value is -2.27. The number of benzene rings is 2. The summed E-state index contributed by atoms with van der Waals surface area (Å²) in [5.74, 6) is -2.82. The molecule has 0 saturated carbocycles. The number of nitrogens with one attached hydrogen (secondary N) is 1. The molecular weight excluding hydrogens is 322 g/mol. The number of halogens is 2. The molecule has 1 fully saturated rings. The molecule has 1 atom stereocenters. The fraction of sp³-hybridized carbons (Fsp3) is 0.350. The van der Waals surface area contributed by atoms with Gasteiger partial charge in [0.05, 0.1) is 5.56 Å². The molecule has 1 aliphatic heterocycles. The lowest BCUT2D eigenvalue weighted by Crippen LogP contribution is -2.36. The number of hydrogen-bond acceptors (Lipinski definition) is 2. The van der Waals surface area contributed by atoms with Gasteiger partial charge in [-0.05, 0) is 56.1 Å². The second-order valence-corrected chi connectivity index (χ2v) is 6.57. The molecule has 3 rings (SSSR count). The lowest BCUT2D eigenvalue weighted by Gasteiger charge is -2.33. The first-order valence-electron chi connectivity index (χ1n) is 8.63. The normalized spacial score (nSPS) is 18.1. The predicted molar refractivity (Wildman–Crippen MR) is 94.5 cm³/mol. The first-order valence-corrected chi connectivity index (χ1v) is 8.63. The number of amides is 1. The molecule has 1 unspecified atom stereocenters. The molecule has 3 nitrogen and oxygen atoms in total. The molecule has 5 heteroatoms. The fourth-order valence-corrected chi connectivity index (χ4v) is 3.20. The maximum Gasteiger partial charge on any atom is 0.258 e. The molecular formula is C20H22F2N2O. The van der Waals surface area contributed by atoms with Gasteiger partial charge in [0.25, 0.3) is 5.91 Å². The first-order chi connectivity index (χ1) is 12.0. The summed E-state index contributed by atoms with van der Waals surface area (Å²) in [5, 5.41) is 2.61. The molecule has 1 amide bonds. The summed E-state index contributed by atoms with van der Waals surface area (Å²) in [7, 11) is 0. The molecule has 1 N–H and O–H groups in total. The Morgan fingerprint density at radius 3 is 2.64 bits per heavy atom. The highest BCUT2D eigenvalue weighted by atomic mass is 19.2. The van der Waals surface area contributed by atoms with E-state index in [1.165, 1.54) is 37.0 Å². The van der Waals surface area contributed by atoms with Gasteiger partial charge in [0.15, 0.2) is 11.6 Å². The van der Waals surface area contributed by atoms with Crippen LogP contribution >= 0.6 is 0 Å². The standard InChI is InChI=1S/C20H22F2N2O/c1-14-5-2-3-12-24(14)13-15-8-10-16(11-9-15)23-20(25)17-6-4-7-18(21)19(17)22/h4,6-11,14H,2-3,5,12-13H2,1H3,(H,23,25). The Labute approximate surface area is 146 Å². The number of anilines is 1. The van der Waals surface area contributed by atoms with Crippen LogP contribution < -0.4 is 5.32 Å². The largest absolute Gasteiger partial charge is 0.322 e. The van der Waals surface area contributed by atoms with Gasteiger partial charge in [-0.2, -0.15) is 0 Å². The third kappa shape index (κ3) is 4.23. The molecule has 25 heavy (non-hydrogen) atoms. The van der Waals surface area contributed by atoms with Gasteiger partial charge in [0.2, 0.25) is 0 Å². The van der Waals surface area contributed by atoms with Crippen LogP contribution in [0.25, 0.3) is 0 Å². The van der Waals surface area contributed by atoms with E-state index in [4.69, 9.17) is 0 Å². The van der Waals surface area contributed by atoms with Crippen LogP contribution in [-0.2, 0) is 6.54 Å². The third-order valence-corrected chi connectivity index (χ3v) is 4.73. The Morgan fingerprint density at radius 1 is 1.16 bits per heavy atom. The highest BCUT2D eigenvalue weighted by Crippen LogP contribution is 2.20. The molecule has 0 aromatic heterocycles. The summed E-state index contributed by atoms with van der Waals surface area (Å²) < 4.78 is 26.9. The van der Waals surface area contributed by atoms with Gasteiger partial charge in [-0.25, -0.2) is 8.78 Å². The summed E-state index contributed by atoms with van der Waals surface area (Å²) in [6, 6.07) is 11.7. The smallest absolute Gasteiger partial charge is 0.258 e. The van der Waals surface area contributed by atoms with E-state index in [9.17, 15) is 13.6 Å². The van der Waals surface area contributed by atoms with E-state index in [1.807, 2.05) is 12.1 Å². The number of carbonyl (C=O) groups is 1. The molecule has 2 aromatic rings. The molecule has 1 saturated heterocycles. The van der Waals surface area contributed by atoms with Crippen LogP contribution in [0.5, 0.6) is 0 Å². The number of likely N-dealkylation sites (tertiary alicyclic amines) is 1. The lowest BCUT2D eigenvalue weighted by atomic mass is 10.0. The second-order valence-electron chi connectivity index (χ2n) is 6.57. The fourth-order valence-electron chi connectivity index (χ4n) is 3.20. The molecule has 2 aromatic carbocycles. The minimum atomic E-state index is -1.13. The van der Waals surface area contributed by atoms with Crippen LogP contribution in [0.4, 0.5) is 14.5 Å². The minimum absolute atomic E-state index is 0.300. The van der Waals surface area contributed by atoms with E-state index in [1.54, 1.807) is 12.1 Å². The van der Waals surface area contributed by atoms with Crippen molar-refractivity contribution >= 4 is 11.6 Å². The van der Waals surface area contributed by atoms with Crippen molar-refractivity contribution in [3.63, 3.8) is 0 Å². The maximum absolute atomic E-state index is 13.7. The third-order valence-electron chi connectivity index (χ3n) is 4.73. The van der Waals surface area contributed by atoms with Gasteiger partial charge >= 0.3 is 0 Å². The van der Waals surface area contributed by atoms with E-state index in [0.29, 0.717) is 11.7 Å². The van der Waals surface area contributed by atoms with Crippen molar-refractivity contribution in [1.29, 1.82) is 0 Å². The molecule has 0 aliphatic carbocycles. The van der Waals surface area contributed by atoms with Crippen LogP contribution in [0, 0.1) is 11.6 Å². The number of rotatable bonds is 4. The molecule has 0 radical (unpaired) electrons. The van der Waals surface area contributed by atoms with Crippen LogP contribution in [0.1, 0.15) is 42.1 Å². The van der Waals surface area contributed by atoms with Crippen LogP contribution in [-0.4, -0.2) is 23.4 Å². The first kappa shape index (κ1) is 17.5. The summed E-state index contributed by atoms with van der Waals surface area (Å²) in [4.78, 5) is 14.6. The van der Waals surface area contributed by atoms with E-state index in [0.717, 1.165) is 19.2 Å². The Kier molecular flexibility index (Phi) is 5.43. The summed E-state index contributed by atoms with van der Waals surface area (Å²) in [6.45, 7) is 4.24. The van der Waals surface area contributed by atoms with Gasteiger partial charge in [-0.15, -0.1) is 0 Å². The highest BCUT2D eigenvalue weighted by molar-refractivity contribution is 6.04. The Morgan fingerprint density at radius 2 is 1.92 bits per heavy atom. The molecule has 1 heterocycles. The second kappa shape index (κ2) is 7.74. The molecule has 132 valence electrons. The van der Waals surface area contributed by atoms with Crippen molar-refractivity contribution in [2.24, 2.45) is 0 Å². The van der Waals surface area contributed by atoms with Crippen molar-refractivity contribution in [3.05, 3.63) is 65.2 Å². The molecule has 0 bridgehead atoms. The van der Waals surface area contributed by atoms with Gasteiger partial charge in [-0.3, -0.25) is 9.69 Å². The lowest BCUT2D eigenvalue weighted by molar-refractivity contribution is 0.102. The van der Waals surface area contributed by atoms with Crippen LogP contribution in [0.3, 0.4) is 0 Å². The predicted octanol–water partition coefficient (Wildman–Crippen LogP) is 4.59. The topological polar surface area (TPSA) is 32.3 Å². The van der Waals surface area contributed by atoms with Crippen molar-refractivity contribution in [3.8, 4) is 0 Å². The van der Waals surface area contributed by atoms with E-state index in [2.05, 4.69) is 17.1 Å². The average Bonchev–Trinajstić information content (AvgIpc) is 2.61. The zero-order valence-corrected chi connectivity index (χ0v) is 14.3. The van der Waals surface area contributed by atoms with Gasteiger partial charge in [0, 0.05) is 18.3 Å². The number of nitrogens with zero attached hydrogens (tertiary/aromatic N) is 1. The van der Waals surface area contributed by atoms with E-state index in [-0.39, 0.29) is 5.56 Å². The number of piperidine rings is 1. The van der Waals surface area contributed by atoms with Crippen molar-refractivity contribution in [2.45, 2.75) is 38.8 Å². The van der Waals surface area contributed by atoms with Crippen LogP contribution in [0.15, 0.2) is 42.5 Å². The molecule has 1 aliphatic rings. The quantitative estimate of drug-likeness (QED) is 0.880. The minimum Gasteiger partial charge on any atom is -0.322 e. The van der Waals surface area contributed by atoms with Gasteiger partial charge < -0.3 is 5.32 Å². The number of hydrogen-bond donors (Lipinski definition) is 1.